The molecule has 150 valence electrons. The van der Waals surface area contributed by atoms with Gasteiger partial charge in [0.05, 0.1) is 4.90 Å². The minimum absolute atomic E-state index is 0.0726. The second kappa shape index (κ2) is 8.29. The molecule has 0 saturated carbocycles. The van der Waals surface area contributed by atoms with Gasteiger partial charge in [-0.15, -0.1) is 0 Å². The van der Waals surface area contributed by atoms with Crippen LogP contribution in [0.5, 0.6) is 0 Å². The standard InChI is InChI=1S/C20H31N3O3S/c1-14-11-15(2)19(16(3)12-14)27(25,26)23-9-6-17(7-10-23)20(24)22-18-5-4-8-21-13-18/h11-12,17-18,21H,4-10,13H2,1-3H3,(H,22,24)/t18-/m0/s1. The van der Waals surface area contributed by atoms with Gasteiger partial charge in [-0.2, -0.15) is 4.31 Å². The molecule has 0 radical (unpaired) electrons. The molecular formula is C20H31N3O3S. The highest BCUT2D eigenvalue weighted by Gasteiger charge is 2.34. The normalized spacial score (nSPS) is 22.6. The predicted octanol–water partition coefficient (Wildman–Crippen LogP) is 1.88. The Labute approximate surface area is 162 Å². The van der Waals surface area contributed by atoms with Crippen molar-refractivity contribution < 1.29 is 13.2 Å². The molecule has 0 aliphatic carbocycles. The molecule has 27 heavy (non-hydrogen) atoms. The summed E-state index contributed by atoms with van der Waals surface area (Å²) < 4.78 is 27.8. The number of hydrogen-bond acceptors (Lipinski definition) is 4. The van der Waals surface area contributed by atoms with Crippen molar-refractivity contribution in [2.45, 2.75) is 57.4 Å². The van der Waals surface area contributed by atoms with E-state index in [1.807, 2.05) is 32.9 Å². The van der Waals surface area contributed by atoms with E-state index in [0.29, 0.717) is 30.8 Å². The van der Waals surface area contributed by atoms with Gasteiger partial charge in [-0.25, -0.2) is 8.42 Å². The number of aryl methyl sites for hydroxylation is 3. The molecule has 2 aliphatic heterocycles. The van der Waals surface area contributed by atoms with Crippen LogP contribution in [0.25, 0.3) is 0 Å². The lowest BCUT2D eigenvalue weighted by Crippen LogP contribution is -2.49. The summed E-state index contributed by atoms with van der Waals surface area (Å²) in [5, 5.41) is 6.43. The van der Waals surface area contributed by atoms with Crippen molar-refractivity contribution in [2.24, 2.45) is 5.92 Å². The van der Waals surface area contributed by atoms with Gasteiger partial charge in [-0.05, 0) is 64.1 Å². The Morgan fingerprint density at radius 3 is 2.30 bits per heavy atom. The van der Waals surface area contributed by atoms with Gasteiger partial charge >= 0.3 is 0 Å². The highest BCUT2D eigenvalue weighted by molar-refractivity contribution is 7.89. The smallest absolute Gasteiger partial charge is 0.243 e. The fourth-order valence-corrected chi connectivity index (χ4v) is 6.24. The van der Waals surface area contributed by atoms with Crippen LogP contribution < -0.4 is 10.6 Å². The van der Waals surface area contributed by atoms with Crippen molar-refractivity contribution in [3.63, 3.8) is 0 Å². The lowest BCUT2D eigenvalue weighted by molar-refractivity contribution is -0.126. The van der Waals surface area contributed by atoms with Crippen LogP contribution in [-0.2, 0) is 14.8 Å². The molecule has 2 fully saturated rings. The number of amides is 1. The molecule has 2 saturated heterocycles. The molecule has 0 aromatic heterocycles. The van der Waals surface area contributed by atoms with Crippen molar-refractivity contribution in [1.82, 2.24) is 14.9 Å². The van der Waals surface area contributed by atoms with Crippen LogP contribution in [0.3, 0.4) is 0 Å². The molecule has 3 rings (SSSR count). The molecule has 1 atom stereocenters. The van der Waals surface area contributed by atoms with Gasteiger partial charge < -0.3 is 10.6 Å². The quantitative estimate of drug-likeness (QED) is 0.819. The summed E-state index contributed by atoms with van der Waals surface area (Å²) in [6, 6.07) is 4.03. The molecule has 0 bridgehead atoms. The van der Waals surface area contributed by atoms with Crippen molar-refractivity contribution in [1.29, 1.82) is 0 Å². The summed E-state index contributed by atoms with van der Waals surface area (Å²) in [6.07, 6.45) is 3.25. The molecule has 2 aliphatic rings. The topological polar surface area (TPSA) is 78.5 Å². The molecule has 6 nitrogen and oxygen atoms in total. The highest BCUT2D eigenvalue weighted by atomic mass is 32.2. The number of piperidine rings is 2. The van der Waals surface area contributed by atoms with E-state index in [1.165, 1.54) is 0 Å². The Bertz CT molecular complexity index is 770. The third-order valence-corrected chi connectivity index (χ3v) is 7.88. The molecule has 7 heteroatoms. The van der Waals surface area contributed by atoms with Crippen molar-refractivity contribution >= 4 is 15.9 Å². The number of nitrogens with one attached hydrogen (secondary N) is 2. The molecule has 2 heterocycles. The molecule has 2 N–H and O–H groups in total. The molecule has 1 aromatic rings. The third-order valence-electron chi connectivity index (χ3n) is 5.67. The van der Waals surface area contributed by atoms with Crippen LogP contribution >= 0.6 is 0 Å². The average Bonchev–Trinajstić information content (AvgIpc) is 2.61. The first-order valence-corrected chi connectivity index (χ1v) is 11.3. The number of sulfonamides is 1. The molecular weight excluding hydrogens is 362 g/mol. The van der Waals surface area contributed by atoms with Crippen LogP contribution in [0.1, 0.15) is 42.4 Å². The van der Waals surface area contributed by atoms with Crippen LogP contribution in [0.15, 0.2) is 17.0 Å². The minimum Gasteiger partial charge on any atom is -0.352 e. The predicted molar refractivity (Wildman–Crippen MR) is 106 cm³/mol. The van der Waals surface area contributed by atoms with Gasteiger partial charge in [0.25, 0.3) is 0 Å². The van der Waals surface area contributed by atoms with E-state index in [2.05, 4.69) is 10.6 Å². The molecule has 0 spiro atoms. The zero-order valence-electron chi connectivity index (χ0n) is 16.5. The Balaban J connectivity index is 1.64. The van der Waals surface area contributed by atoms with Crippen molar-refractivity contribution in [3.05, 3.63) is 28.8 Å². The van der Waals surface area contributed by atoms with E-state index in [9.17, 15) is 13.2 Å². The summed E-state index contributed by atoms with van der Waals surface area (Å²) in [6.45, 7) is 8.32. The van der Waals surface area contributed by atoms with E-state index in [0.717, 1.165) is 42.6 Å². The summed E-state index contributed by atoms with van der Waals surface area (Å²) in [7, 11) is -3.52. The Kier molecular flexibility index (Phi) is 6.23. The fourth-order valence-electron chi connectivity index (χ4n) is 4.36. The van der Waals surface area contributed by atoms with E-state index in [1.54, 1.807) is 4.31 Å². The maximum absolute atomic E-state index is 13.2. The Hall–Kier alpha value is -1.44. The first-order chi connectivity index (χ1) is 12.8. The van der Waals surface area contributed by atoms with Gasteiger partial charge in [0.15, 0.2) is 0 Å². The SMILES string of the molecule is Cc1cc(C)c(S(=O)(=O)N2CCC(C(=O)N[C@H]3CCCNC3)CC2)c(C)c1. The lowest BCUT2D eigenvalue weighted by Gasteiger charge is -2.33. The fraction of sp³-hybridized carbons (Fsp3) is 0.650. The molecule has 0 unspecified atom stereocenters. The maximum Gasteiger partial charge on any atom is 0.243 e. The number of carbonyl (C=O) groups excluding carboxylic acids is 1. The Morgan fingerprint density at radius 1 is 1.11 bits per heavy atom. The van der Waals surface area contributed by atoms with E-state index < -0.39 is 10.0 Å². The van der Waals surface area contributed by atoms with Gasteiger partial charge in [-0.3, -0.25) is 4.79 Å². The van der Waals surface area contributed by atoms with Gasteiger partial charge in [0.2, 0.25) is 15.9 Å². The van der Waals surface area contributed by atoms with Gasteiger partial charge in [-0.1, -0.05) is 17.7 Å². The van der Waals surface area contributed by atoms with E-state index in [4.69, 9.17) is 0 Å². The molecule has 1 amide bonds. The minimum atomic E-state index is -3.52. The zero-order valence-corrected chi connectivity index (χ0v) is 17.4. The second-order valence-electron chi connectivity index (χ2n) is 7.96. The summed E-state index contributed by atoms with van der Waals surface area (Å²) in [4.78, 5) is 13.0. The number of rotatable bonds is 4. The average molecular weight is 394 g/mol. The van der Waals surface area contributed by atoms with Crippen LogP contribution in [0.2, 0.25) is 0 Å². The monoisotopic (exact) mass is 393 g/mol. The van der Waals surface area contributed by atoms with Crippen molar-refractivity contribution in [3.8, 4) is 0 Å². The van der Waals surface area contributed by atoms with Crippen LogP contribution in [0.4, 0.5) is 0 Å². The summed E-state index contributed by atoms with van der Waals surface area (Å²) in [5.41, 5.74) is 2.64. The van der Waals surface area contributed by atoms with Gasteiger partial charge in [0, 0.05) is 31.6 Å². The zero-order chi connectivity index (χ0) is 19.6. The highest BCUT2D eigenvalue weighted by Crippen LogP contribution is 2.29. The number of carbonyl (C=O) groups is 1. The molecule has 1 aromatic carbocycles. The lowest BCUT2D eigenvalue weighted by atomic mass is 9.96. The summed E-state index contributed by atoms with van der Waals surface area (Å²) >= 11 is 0. The van der Waals surface area contributed by atoms with Crippen molar-refractivity contribution in [2.75, 3.05) is 26.2 Å². The largest absolute Gasteiger partial charge is 0.352 e. The van der Waals surface area contributed by atoms with Crippen LogP contribution in [0, 0.1) is 26.7 Å². The third kappa shape index (κ3) is 4.52. The maximum atomic E-state index is 13.2. The first kappa shape index (κ1) is 20.3. The van der Waals surface area contributed by atoms with Gasteiger partial charge in [0.1, 0.15) is 0 Å². The van der Waals surface area contributed by atoms with E-state index in [-0.39, 0.29) is 17.9 Å². The Morgan fingerprint density at radius 2 is 1.74 bits per heavy atom. The first-order valence-electron chi connectivity index (χ1n) is 9.88. The second-order valence-corrected chi connectivity index (χ2v) is 9.83. The van der Waals surface area contributed by atoms with E-state index >= 15 is 0 Å². The van der Waals surface area contributed by atoms with Crippen LogP contribution in [-0.4, -0.2) is 50.9 Å². The number of hydrogen-bond donors (Lipinski definition) is 2. The number of nitrogens with zero attached hydrogens (tertiary/aromatic N) is 1. The summed E-state index contributed by atoms with van der Waals surface area (Å²) in [5.74, 6) is -0.0259. The number of benzene rings is 1.